The highest BCUT2D eigenvalue weighted by Crippen LogP contribution is 2.34. The molecular weight excluding hydrogens is 334 g/mol. The zero-order valence-electron chi connectivity index (χ0n) is 10.0. The maximum Gasteiger partial charge on any atom is 0.135 e. The van der Waals surface area contributed by atoms with Gasteiger partial charge < -0.3 is 10.1 Å². The van der Waals surface area contributed by atoms with Crippen LogP contribution in [0.15, 0.2) is 21.1 Å². The van der Waals surface area contributed by atoms with Gasteiger partial charge in [-0.25, -0.2) is 0 Å². The average Bonchev–Trinajstić information content (AvgIpc) is 2.15. The van der Waals surface area contributed by atoms with E-state index in [1.165, 1.54) is 0 Å². The lowest BCUT2D eigenvalue weighted by molar-refractivity contribution is 0.412. The van der Waals surface area contributed by atoms with Gasteiger partial charge in [0, 0.05) is 17.1 Å². The molecule has 0 aromatic heterocycles. The quantitative estimate of drug-likeness (QED) is 0.854. The minimum absolute atomic E-state index is 0.250. The number of benzene rings is 1. The fourth-order valence-corrected chi connectivity index (χ4v) is 2.48. The van der Waals surface area contributed by atoms with Crippen LogP contribution in [0.3, 0.4) is 0 Å². The van der Waals surface area contributed by atoms with Gasteiger partial charge in [-0.3, -0.25) is 0 Å². The Morgan fingerprint density at radius 1 is 1.19 bits per heavy atom. The molecule has 0 heterocycles. The van der Waals surface area contributed by atoms with Gasteiger partial charge in [0.25, 0.3) is 0 Å². The molecule has 0 radical (unpaired) electrons. The van der Waals surface area contributed by atoms with Crippen molar-refractivity contribution in [1.29, 1.82) is 0 Å². The SMILES string of the molecule is COc1cc(NCC(C)(C)C)c(Br)cc1Br. The zero-order valence-corrected chi connectivity index (χ0v) is 13.2. The fraction of sp³-hybridized carbons (Fsp3) is 0.500. The van der Waals surface area contributed by atoms with E-state index in [4.69, 9.17) is 4.74 Å². The molecule has 0 saturated heterocycles. The van der Waals surface area contributed by atoms with Crippen molar-refractivity contribution in [3.05, 3.63) is 21.1 Å². The van der Waals surface area contributed by atoms with Crippen molar-refractivity contribution in [2.45, 2.75) is 20.8 Å². The molecule has 0 saturated carbocycles. The lowest BCUT2D eigenvalue weighted by atomic mass is 9.97. The summed E-state index contributed by atoms with van der Waals surface area (Å²) in [6, 6.07) is 3.98. The Balaban J connectivity index is 2.88. The third-order valence-corrected chi connectivity index (χ3v) is 3.33. The smallest absolute Gasteiger partial charge is 0.135 e. The van der Waals surface area contributed by atoms with E-state index in [0.717, 1.165) is 26.9 Å². The predicted molar refractivity (Wildman–Crippen MR) is 76.3 cm³/mol. The lowest BCUT2D eigenvalue weighted by Gasteiger charge is -2.20. The van der Waals surface area contributed by atoms with Gasteiger partial charge in [-0.1, -0.05) is 20.8 Å². The molecule has 0 unspecified atom stereocenters. The molecule has 4 heteroatoms. The van der Waals surface area contributed by atoms with Crippen LogP contribution in [-0.4, -0.2) is 13.7 Å². The molecule has 1 N–H and O–H groups in total. The normalized spacial score (nSPS) is 11.4. The van der Waals surface area contributed by atoms with E-state index in [1.54, 1.807) is 7.11 Å². The van der Waals surface area contributed by atoms with Gasteiger partial charge in [0.1, 0.15) is 5.75 Å². The van der Waals surface area contributed by atoms with Crippen LogP contribution >= 0.6 is 31.9 Å². The first-order valence-electron chi connectivity index (χ1n) is 5.10. The predicted octanol–water partition coefficient (Wildman–Crippen LogP) is 4.68. The third-order valence-electron chi connectivity index (χ3n) is 2.05. The summed E-state index contributed by atoms with van der Waals surface area (Å²) in [6.45, 7) is 7.51. The standard InChI is InChI=1S/C12H17Br2NO/c1-12(2,3)7-15-10-6-11(16-4)9(14)5-8(10)13/h5-6,15H,7H2,1-4H3. The summed E-state index contributed by atoms with van der Waals surface area (Å²) >= 11 is 6.98. The molecule has 1 rings (SSSR count). The molecule has 1 aromatic carbocycles. The minimum Gasteiger partial charge on any atom is -0.495 e. The van der Waals surface area contributed by atoms with Crippen LogP contribution in [0.2, 0.25) is 0 Å². The van der Waals surface area contributed by atoms with Crippen molar-refractivity contribution in [3.8, 4) is 5.75 Å². The molecule has 2 nitrogen and oxygen atoms in total. The van der Waals surface area contributed by atoms with Crippen LogP contribution in [-0.2, 0) is 0 Å². The molecular formula is C12H17Br2NO. The number of methoxy groups -OCH3 is 1. The molecule has 0 atom stereocenters. The zero-order chi connectivity index (χ0) is 12.3. The first kappa shape index (κ1) is 13.8. The van der Waals surface area contributed by atoms with E-state index in [9.17, 15) is 0 Å². The second-order valence-electron chi connectivity index (χ2n) is 4.88. The van der Waals surface area contributed by atoms with Crippen LogP contribution in [0.1, 0.15) is 20.8 Å². The number of rotatable bonds is 3. The fourth-order valence-electron chi connectivity index (χ4n) is 1.18. The van der Waals surface area contributed by atoms with Crippen LogP contribution < -0.4 is 10.1 Å². The number of halogens is 2. The Morgan fingerprint density at radius 2 is 1.81 bits per heavy atom. The highest BCUT2D eigenvalue weighted by molar-refractivity contribution is 9.11. The summed E-state index contributed by atoms with van der Waals surface area (Å²) in [5.41, 5.74) is 1.30. The molecule has 0 amide bonds. The van der Waals surface area contributed by atoms with Crippen LogP contribution in [0.5, 0.6) is 5.75 Å². The highest BCUT2D eigenvalue weighted by atomic mass is 79.9. The van der Waals surface area contributed by atoms with Gasteiger partial charge >= 0.3 is 0 Å². The summed E-state index contributed by atoms with van der Waals surface area (Å²) in [4.78, 5) is 0. The van der Waals surface area contributed by atoms with Gasteiger partial charge in [-0.15, -0.1) is 0 Å². The van der Waals surface area contributed by atoms with E-state index < -0.39 is 0 Å². The average molecular weight is 351 g/mol. The first-order chi connectivity index (χ1) is 7.33. The summed E-state index contributed by atoms with van der Waals surface area (Å²) < 4.78 is 7.24. The maximum atomic E-state index is 5.26. The molecule has 0 aliphatic rings. The van der Waals surface area contributed by atoms with E-state index in [-0.39, 0.29) is 5.41 Å². The second-order valence-corrected chi connectivity index (χ2v) is 6.59. The van der Waals surface area contributed by atoms with E-state index in [1.807, 2.05) is 12.1 Å². The molecule has 0 aliphatic heterocycles. The molecule has 0 fully saturated rings. The van der Waals surface area contributed by atoms with Crippen LogP contribution in [0.4, 0.5) is 5.69 Å². The Bertz CT molecular complexity index is 372. The summed E-state index contributed by atoms with van der Waals surface area (Å²) in [5.74, 6) is 0.833. The number of ether oxygens (including phenoxy) is 1. The van der Waals surface area contributed by atoms with E-state index in [2.05, 4.69) is 57.9 Å². The molecule has 0 aliphatic carbocycles. The van der Waals surface area contributed by atoms with Gasteiger partial charge in [0.05, 0.1) is 17.3 Å². The van der Waals surface area contributed by atoms with Crippen LogP contribution in [0.25, 0.3) is 0 Å². The molecule has 90 valence electrons. The molecule has 16 heavy (non-hydrogen) atoms. The van der Waals surface area contributed by atoms with Gasteiger partial charge in [-0.05, 0) is 43.3 Å². The topological polar surface area (TPSA) is 21.3 Å². The summed E-state index contributed by atoms with van der Waals surface area (Å²) in [5, 5.41) is 3.41. The number of hydrogen-bond donors (Lipinski definition) is 1. The van der Waals surface area contributed by atoms with E-state index in [0.29, 0.717) is 0 Å². The minimum atomic E-state index is 0.250. The third kappa shape index (κ3) is 3.98. The van der Waals surface area contributed by atoms with Gasteiger partial charge in [-0.2, -0.15) is 0 Å². The molecule has 1 aromatic rings. The van der Waals surface area contributed by atoms with Crippen molar-refractivity contribution in [2.24, 2.45) is 5.41 Å². The molecule has 0 bridgehead atoms. The first-order valence-corrected chi connectivity index (χ1v) is 6.69. The van der Waals surface area contributed by atoms with Crippen molar-refractivity contribution in [2.75, 3.05) is 19.0 Å². The number of nitrogens with one attached hydrogen (secondary N) is 1. The monoisotopic (exact) mass is 349 g/mol. The largest absolute Gasteiger partial charge is 0.495 e. The van der Waals surface area contributed by atoms with Crippen molar-refractivity contribution < 1.29 is 4.74 Å². The lowest BCUT2D eigenvalue weighted by Crippen LogP contribution is -2.19. The number of hydrogen-bond acceptors (Lipinski definition) is 2. The number of anilines is 1. The summed E-state index contributed by atoms with van der Waals surface area (Å²) in [6.07, 6.45) is 0. The summed E-state index contributed by atoms with van der Waals surface area (Å²) in [7, 11) is 1.67. The van der Waals surface area contributed by atoms with Crippen molar-refractivity contribution in [3.63, 3.8) is 0 Å². The Morgan fingerprint density at radius 3 is 2.31 bits per heavy atom. The maximum absolute atomic E-state index is 5.26. The highest BCUT2D eigenvalue weighted by Gasteiger charge is 2.12. The molecule has 0 spiro atoms. The Labute approximate surface area is 114 Å². The van der Waals surface area contributed by atoms with Crippen LogP contribution in [0, 0.1) is 5.41 Å². The second kappa shape index (κ2) is 5.41. The van der Waals surface area contributed by atoms with E-state index >= 15 is 0 Å². The van der Waals surface area contributed by atoms with Crippen molar-refractivity contribution >= 4 is 37.5 Å². The van der Waals surface area contributed by atoms with Gasteiger partial charge in [0.2, 0.25) is 0 Å². The Kier molecular flexibility index (Phi) is 4.68. The van der Waals surface area contributed by atoms with Gasteiger partial charge in [0.15, 0.2) is 0 Å². The Hall–Kier alpha value is -0.220. The van der Waals surface area contributed by atoms with Crippen molar-refractivity contribution in [1.82, 2.24) is 0 Å².